The summed E-state index contributed by atoms with van der Waals surface area (Å²) in [5.74, 6) is 2.73. The molecular weight excluding hydrogens is 340 g/mol. The van der Waals surface area contributed by atoms with Crippen molar-refractivity contribution in [3.63, 3.8) is 0 Å². The average Bonchev–Trinajstić information content (AvgIpc) is 3.11. The zero-order valence-corrected chi connectivity index (χ0v) is 14.9. The van der Waals surface area contributed by atoms with Crippen molar-refractivity contribution in [3.05, 3.63) is 41.2 Å². The fourth-order valence-corrected chi connectivity index (χ4v) is 4.02. The van der Waals surface area contributed by atoms with Gasteiger partial charge in [0.1, 0.15) is 11.9 Å². The number of hydrogen-bond acceptors (Lipinski definition) is 6. The average molecular weight is 360 g/mol. The molecule has 0 bridgehead atoms. The lowest BCUT2D eigenvalue weighted by molar-refractivity contribution is -0.00196. The first-order valence-corrected chi connectivity index (χ1v) is 9.46. The molecule has 1 aromatic heterocycles. The minimum absolute atomic E-state index is 0.0342. The van der Waals surface area contributed by atoms with Crippen LogP contribution >= 0.6 is 11.8 Å². The lowest BCUT2D eigenvalue weighted by atomic mass is 10.1. The lowest BCUT2D eigenvalue weighted by Crippen LogP contribution is -2.38. The van der Waals surface area contributed by atoms with Gasteiger partial charge < -0.3 is 14.4 Å². The first-order chi connectivity index (χ1) is 12.3. The second-order valence-electron chi connectivity index (χ2n) is 6.04. The third-order valence-corrected chi connectivity index (χ3v) is 5.53. The Hall–Kier alpha value is -2.06. The minimum atomic E-state index is -0.102. The molecule has 0 spiro atoms. The van der Waals surface area contributed by atoms with E-state index in [9.17, 15) is 4.79 Å². The molecule has 0 aliphatic carbocycles. The molecule has 25 heavy (non-hydrogen) atoms. The fraction of sp³-hybridized carbons (Fsp3) is 0.471. The van der Waals surface area contributed by atoms with Crippen molar-refractivity contribution in [1.82, 2.24) is 19.9 Å². The number of benzene rings is 1. The molecule has 132 valence electrons. The molecule has 0 N–H and O–H groups in total. The Morgan fingerprint density at radius 3 is 2.76 bits per heavy atom. The van der Waals surface area contributed by atoms with Gasteiger partial charge in [-0.3, -0.25) is 4.79 Å². The van der Waals surface area contributed by atoms with Crippen LogP contribution < -0.4 is 4.74 Å². The molecule has 3 heterocycles. The number of thioether (sulfide) groups is 1. The van der Waals surface area contributed by atoms with Crippen molar-refractivity contribution in [2.24, 2.45) is 0 Å². The lowest BCUT2D eigenvalue weighted by Gasteiger charge is -2.27. The molecule has 4 rings (SSSR count). The summed E-state index contributed by atoms with van der Waals surface area (Å²) in [7, 11) is 1.65. The molecule has 1 aromatic carbocycles. The van der Waals surface area contributed by atoms with Crippen LogP contribution in [0.5, 0.6) is 5.75 Å². The number of hydrogen-bond donors (Lipinski definition) is 0. The van der Waals surface area contributed by atoms with Gasteiger partial charge in [0.25, 0.3) is 5.91 Å². The van der Waals surface area contributed by atoms with E-state index in [2.05, 4.69) is 10.3 Å². The fourth-order valence-electron chi connectivity index (χ4n) is 3.11. The van der Waals surface area contributed by atoms with E-state index < -0.39 is 0 Å². The SMILES string of the molecule is COc1ccc([C@@H]2Cn3nnc(C(=O)N4CCSCC4)c3CO2)cc1. The van der Waals surface area contributed by atoms with Gasteiger partial charge in [-0.1, -0.05) is 17.3 Å². The minimum Gasteiger partial charge on any atom is -0.497 e. The number of amides is 1. The Balaban J connectivity index is 1.50. The first kappa shape index (κ1) is 16.4. The molecule has 2 aliphatic heterocycles. The zero-order chi connectivity index (χ0) is 17.2. The van der Waals surface area contributed by atoms with Gasteiger partial charge in [0.2, 0.25) is 0 Å². The maximum absolute atomic E-state index is 12.7. The Kier molecular flexibility index (Phi) is 4.63. The number of methoxy groups -OCH3 is 1. The highest BCUT2D eigenvalue weighted by Crippen LogP contribution is 2.28. The number of carbonyl (C=O) groups is 1. The number of fused-ring (bicyclic) bond motifs is 1. The van der Waals surface area contributed by atoms with Crippen LogP contribution in [0.1, 0.15) is 27.8 Å². The Morgan fingerprint density at radius 2 is 2.04 bits per heavy atom. The van der Waals surface area contributed by atoms with Crippen LogP contribution in [0.25, 0.3) is 0 Å². The number of aromatic nitrogens is 3. The van der Waals surface area contributed by atoms with E-state index in [4.69, 9.17) is 9.47 Å². The standard InChI is InChI=1S/C17H20N4O3S/c1-23-13-4-2-12(3-5-13)15-10-21-14(11-24-15)16(18-19-21)17(22)20-6-8-25-9-7-20/h2-5,15H,6-11H2,1H3/t15-/m0/s1. The maximum Gasteiger partial charge on any atom is 0.276 e. The second-order valence-corrected chi connectivity index (χ2v) is 7.27. The number of ether oxygens (including phenoxy) is 2. The summed E-state index contributed by atoms with van der Waals surface area (Å²) in [6.45, 7) is 2.43. The van der Waals surface area contributed by atoms with Gasteiger partial charge in [0, 0.05) is 24.6 Å². The van der Waals surface area contributed by atoms with E-state index in [0.29, 0.717) is 18.8 Å². The van der Waals surface area contributed by atoms with Crippen LogP contribution in [0.15, 0.2) is 24.3 Å². The predicted molar refractivity (Wildman–Crippen MR) is 93.8 cm³/mol. The van der Waals surface area contributed by atoms with Gasteiger partial charge in [0.15, 0.2) is 5.69 Å². The molecule has 8 heteroatoms. The van der Waals surface area contributed by atoms with E-state index in [0.717, 1.165) is 41.6 Å². The molecule has 1 saturated heterocycles. The number of rotatable bonds is 3. The third-order valence-electron chi connectivity index (χ3n) is 4.59. The van der Waals surface area contributed by atoms with Crippen molar-refractivity contribution in [3.8, 4) is 5.75 Å². The monoisotopic (exact) mass is 360 g/mol. The summed E-state index contributed by atoms with van der Waals surface area (Å²) >= 11 is 1.87. The molecule has 1 fully saturated rings. The van der Waals surface area contributed by atoms with Crippen molar-refractivity contribution in [1.29, 1.82) is 0 Å². The van der Waals surface area contributed by atoms with Crippen LogP contribution in [0.3, 0.4) is 0 Å². The van der Waals surface area contributed by atoms with E-state index in [1.54, 1.807) is 11.8 Å². The van der Waals surface area contributed by atoms with Crippen LogP contribution in [-0.2, 0) is 17.9 Å². The van der Waals surface area contributed by atoms with E-state index in [1.165, 1.54) is 0 Å². The maximum atomic E-state index is 12.7. The molecule has 1 atom stereocenters. The molecule has 0 saturated carbocycles. The van der Waals surface area contributed by atoms with E-state index in [1.807, 2.05) is 40.9 Å². The highest BCUT2D eigenvalue weighted by atomic mass is 32.2. The van der Waals surface area contributed by atoms with Gasteiger partial charge >= 0.3 is 0 Å². The van der Waals surface area contributed by atoms with E-state index >= 15 is 0 Å². The summed E-state index contributed by atoms with van der Waals surface area (Å²) in [4.78, 5) is 14.5. The quantitative estimate of drug-likeness (QED) is 0.831. The van der Waals surface area contributed by atoms with Crippen LogP contribution in [-0.4, -0.2) is 57.5 Å². The van der Waals surface area contributed by atoms with Crippen molar-refractivity contribution in [2.75, 3.05) is 31.7 Å². The van der Waals surface area contributed by atoms with Crippen molar-refractivity contribution >= 4 is 17.7 Å². The van der Waals surface area contributed by atoms with Gasteiger partial charge in [-0.25, -0.2) is 4.68 Å². The van der Waals surface area contributed by atoms with Gasteiger partial charge in [0.05, 0.1) is 26.0 Å². The molecule has 7 nitrogen and oxygen atoms in total. The number of carbonyl (C=O) groups excluding carboxylic acids is 1. The topological polar surface area (TPSA) is 69.5 Å². The highest BCUT2D eigenvalue weighted by Gasteiger charge is 2.30. The second kappa shape index (κ2) is 7.05. The first-order valence-electron chi connectivity index (χ1n) is 8.31. The Morgan fingerprint density at radius 1 is 1.28 bits per heavy atom. The van der Waals surface area contributed by atoms with Crippen molar-refractivity contribution < 1.29 is 14.3 Å². The Labute approximate surface area is 150 Å². The third kappa shape index (κ3) is 3.23. The van der Waals surface area contributed by atoms with Gasteiger partial charge in [-0.05, 0) is 17.7 Å². The molecule has 1 amide bonds. The summed E-state index contributed by atoms with van der Waals surface area (Å²) in [6, 6.07) is 7.81. The van der Waals surface area contributed by atoms with E-state index in [-0.39, 0.29) is 12.0 Å². The van der Waals surface area contributed by atoms with Crippen LogP contribution in [0.2, 0.25) is 0 Å². The van der Waals surface area contributed by atoms with Crippen LogP contribution in [0, 0.1) is 0 Å². The molecule has 0 radical (unpaired) electrons. The summed E-state index contributed by atoms with van der Waals surface area (Å²) < 4.78 is 13.0. The largest absolute Gasteiger partial charge is 0.497 e. The molecule has 0 unspecified atom stereocenters. The molecule has 2 aliphatic rings. The molecular formula is C17H20N4O3S. The zero-order valence-electron chi connectivity index (χ0n) is 14.1. The summed E-state index contributed by atoms with van der Waals surface area (Å²) in [6.07, 6.45) is -0.102. The van der Waals surface area contributed by atoms with Gasteiger partial charge in [-0.2, -0.15) is 11.8 Å². The van der Waals surface area contributed by atoms with Crippen molar-refractivity contribution in [2.45, 2.75) is 19.3 Å². The highest BCUT2D eigenvalue weighted by molar-refractivity contribution is 7.99. The Bertz CT molecular complexity index is 756. The summed E-state index contributed by atoms with van der Waals surface area (Å²) in [5.41, 5.74) is 2.26. The summed E-state index contributed by atoms with van der Waals surface area (Å²) in [5, 5.41) is 8.33. The van der Waals surface area contributed by atoms with Crippen LogP contribution in [0.4, 0.5) is 0 Å². The number of nitrogens with zero attached hydrogens (tertiary/aromatic N) is 4. The smallest absolute Gasteiger partial charge is 0.276 e. The molecule has 2 aromatic rings. The predicted octanol–water partition coefficient (Wildman–Crippen LogP) is 1.75. The van der Waals surface area contributed by atoms with Gasteiger partial charge in [-0.15, -0.1) is 5.10 Å². The normalized spacial score (nSPS) is 20.2.